The number of carboxylic acids is 1. The summed E-state index contributed by atoms with van der Waals surface area (Å²) in [6.45, 7) is 0.250. The minimum Gasteiger partial charge on any atom is -0.478 e. The first kappa shape index (κ1) is 18.7. The van der Waals surface area contributed by atoms with Crippen LogP contribution in [0.15, 0.2) is 66.4 Å². The average Bonchev–Trinajstić information content (AvgIpc) is 2.66. The molecule has 2 aromatic carbocycles. The van der Waals surface area contributed by atoms with Crippen molar-refractivity contribution in [3.05, 3.63) is 77.5 Å². The van der Waals surface area contributed by atoms with Crippen LogP contribution in [0.25, 0.3) is 0 Å². The number of amides is 1. The van der Waals surface area contributed by atoms with Crippen molar-refractivity contribution in [2.24, 2.45) is 0 Å². The number of esters is 1. The summed E-state index contributed by atoms with van der Waals surface area (Å²) in [4.78, 5) is 35.3. The first-order valence-electron chi connectivity index (χ1n) is 7.72. The molecule has 0 spiro atoms. The van der Waals surface area contributed by atoms with Gasteiger partial charge in [-0.3, -0.25) is 4.79 Å². The second-order valence-corrected chi connectivity index (χ2v) is 5.23. The van der Waals surface area contributed by atoms with Gasteiger partial charge in [0.25, 0.3) is 5.91 Å². The molecule has 0 aliphatic carbocycles. The highest BCUT2D eigenvalue weighted by Gasteiger charge is 2.16. The van der Waals surface area contributed by atoms with E-state index in [4.69, 9.17) is 0 Å². The van der Waals surface area contributed by atoms with Crippen molar-refractivity contribution in [3.63, 3.8) is 0 Å². The Hall–Kier alpha value is -3.61. The lowest BCUT2D eigenvalue weighted by Crippen LogP contribution is -2.29. The van der Waals surface area contributed by atoms with Gasteiger partial charge < -0.3 is 20.5 Å². The predicted molar refractivity (Wildman–Crippen MR) is 95.4 cm³/mol. The maximum Gasteiger partial charge on any atom is 0.337 e. The fourth-order valence-corrected chi connectivity index (χ4v) is 2.13. The molecule has 134 valence electrons. The first-order valence-corrected chi connectivity index (χ1v) is 7.72. The summed E-state index contributed by atoms with van der Waals surface area (Å²) >= 11 is 0. The van der Waals surface area contributed by atoms with Crippen LogP contribution in [0.4, 0.5) is 5.69 Å². The number of hydrogen-bond acceptors (Lipinski definition) is 5. The summed E-state index contributed by atoms with van der Waals surface area (Å²) < 4.78 is 4.56. The summed E-state index contributed by atoms with van der Waals surface area (Å²) in [7, 11) is 1.18. The number of rotatable bonds is 7. The van der Waals surface area contributed by atoms with Crippen LogP contribution >= 0.6 is 0 Å². The SMILES string of the molecule is COC(=O)/C=C(\Nc1ccccc1C(=O)O)C(=O)NCc1ccccc1. The quantitative estimate of drug-likeness (QED) is 0.520. The number of aromatic carboxylic acids is 1. The van der Waals surface area contributed by atoms with Crippen molar-refractivity contribution in [2.45, 2.75) is 6.54 Å². The summed E-state index contributed by atoms with van der Waals surface area (Å²) in [6.07, 6.45) is 0.971. The number of carbonyl (C=O) groups excluding carboxylic acids is 2. The topological polar surface area (TPSA) is 105 Å². The van der Waals surface area contributed by atoms with Crippen LogP contribution in [0.1, 0.15) is 15.9 Å². The number of ether oxygens (including phenoxy) is 1. The summed E-state index contributed by atoms with van der Waals surface area (Å²) in [5.41, 5.74) is 0.912. The number of para-hydroxylation sites is 1. The van der Waals surface area contributed by atoms with E-state index in [0.717, 1.165) is 11.6 Å². The Morgan fingerprint density at radius 1 is 1.04 bits per heavy atom. The van der Waals surface area contributed by atoms with Crippen LogP contribution in [0.3, 0.4) is 0 Å². The molecular weight excluding hydrogens is 336 g/mol. The Morgan fingerprint density at radius 2 is 1.69 bits per heavy atom. The molecule has 0 bridgehead atoms. The second kappa shape index (κ2) is 9.03. The van der Waals surface area contributed by atoms with E-state index in [1.165, 1.54) is 19.2 Å². The Morgan fingerprint density at radius 3 is 2.35 bits per heavy atom. The van der Waals surface area contributed by atoms with Gasteiger partial charge in [-0.2, -0.15) is 0 Å². The van der Waals surface area contributed by atoms with E-state index in [-0.39, 0.29) is 23.5 Å². The third-order valence-electron chi connectivity index (χ3n) is 3.43. The maximum absolute atomic E-state index is 12.5. The molecular formula is C19H18N2O5. The monoisotopic (exact) mass is 354 g/mol. The molecule has 0 atom stereocenters. The van der Waals surface area contributed by atoms with Crippen LogP contribution in [-0.4, -0.2) is 30.1 Å². The normalized spacial score (nSPS) is 10.7. The van der Waals surface area contributed by atoms with Crippen LogP contribution in [-0.2, 0) is 20.9 Å². The zero-order chi connectivity index (χ0) is 18.9. The molecule has 1 amide bonds. The highest BCUT2D eigenvalue weighted by molar-refractivity contribution is 6.03. The summed E-state index contributed by atoms with van der Waals surface area (Å²) in [5, 5.41) is 14.6. The molecule has 0 saturated heterocycles. The minimum atomic E-state index is -1.16. The number of benzene rings is 2. The molecule has 2 aromatic rings. The lowest BCUT2D eigenvalue weighted by molar-refractivity contribution is -0.135. The summed E-state index contributed by atoms with van der Waals surface area (Å²) in [5.74, 6) is -2.47. The van der Waals surface area contributed by atoms with Crippen LogP contribution in [0.2, 0.25) is 0 Å². The smallest absolute Gasteiger partial charge is 0.337 e. The van der Waals surface area contributed by atoms with Gasteiger partial charge in [-0.05, 0) is 17.7 Å². The van der Waals surface area contributed by atoms with E-state index < -0.39 is 17.8 Å². The molecule has 0 aliphatic heterocycles. The third kappa shape index (κ3) is 5.20. The zero-order valence-electron chi connectivity index (χ0n) is 14.1. The molecule has 3 N–H and O–H groups in total. The van der Waals surface area contributed by atoms with Gasteiger partial charge in [-0.15, -0.1) is 0 Å². The Balaban J connectivity index is 2.21. The number of methoxy groups -OCH3 is 1. The van der Waals surface area contributed by atoms with Crippen molar-refractivity contribution < 1.29 is 24.2 Å². The number of nitrogens with one attached hydrogen (secondary N) is 2. The molecule has 7 nitrogen and oxygen atoms in total. The molecule has 7 heteroatoms. The van der Waals surface area contributed by atoms with Gasteiger partial charge in [-0.1, -0.05) is 42.5 Å². The zero-order valence-corrected chi connectivity index (χ0v) is 14.1. The first-order chi connectivity index (χ1) is 12.5. The van der Waals surface area contributed by atoms with E-state index in [2.05, 4.69) is 15.4 Å². The van der Waals surface area contributed by atoms with Gasteiger partial charge >= 0.3 is 11.9 Å². The van der Waals surface area contributed by atoms with E-state index >= 15 is 0 Å². The molecule has 0 fully saturated rings. The fourth-order valence-electron chi connectivity index (χ4n) is 2.13. The van der Waals surface area contributed by atoms with Gasteiger partial charge in [-0.25, -0.2) is 9.59 Å². The average molecular weight is 354 g/mol. The molecule has 0 saturated carbocycles. The van der Waals surface area contributed by atoms with Crippen molar-refractivity contribution in [1.29, 1.82) is 0 Å². The fraction of sp³-hybridized carbons (Fsp3) is 0.105. The van der Waals surface area contributed by atoms with Crippen molar-refractivity contribution >= 4 is 23.5 Å². The van der Waals surface area contributed by atoms with Gasteiger partial charge in [0.1, 0.15) is 5.70 Å². The third-order valence-corrected chi connectivity index (χ3v) is 3.43. The Bertz CT molecular complexity index is 831. The van der Waals surface area contributed by atoms with Gasteiger partial charge in [0, 0.05) is 6.54 Å². The number of carbonyl (C=O) groups is 3. The minimum absolute atomic E-state index is 0.0286. The Kier molecular flexibility index (Phi) is 6.50. The number of anilines is 1. The van der Waals surface area contributed by atoms with Gasteiger partial charge in [0.2, 0.25) is 0 Å². The van der Waals surface area contributed by atoms with Crippen molar-refractivity contribution in [3.8, 4) is 0 Å². The molecule has 2 rings (SSSR count). The van der Waals surface area contributed by atoms with Crippen LogP contribution in [0, 0.1) is 0 Å². The van der Waals surface area contributed by atoms with Crippen LogP contribution < -0.4 is 10.6 Å². The highest BCUT2D eigenvalue weighted by atomic mass is 16.5. The van der Waals surface area contributed by atoms with Crippen molar-refractivity contribution in [2.75, 3.05) is 12.4 Å². The molecule has 0 heterocycles. The maximum atomic E-state index is 12.5. The van der Waals surface area contributed by atoms with Gasteiger partial charge in [0.05, 0.1) is 24.4 Å². The molecule has 0 unspecified atom stereocenters. The van der Waals surface area contributed by atoms with E-state index in [9.17, 15) is 19.5 Å². The number of hydrogen-bond donors (Lipinski definition) is 3. The Labute approximate surface area is 150 Å². The van der Waals surface area contributed by atoms with E-state index in [0.29, 0.717) is 0 Å². The van der Waals surface area contributed by atoms with E-state index in [1.807, 2.05) is 30.3 Å². The van der Waals surface area contributed by atoms with Gasteiger partial charge in [0.15, 0.2) is 0 Å². The predicted octanol–water partition coefficient (Wildman–Crippen LogP) is 2.17. The lowest BCUT2D eigenvalue weighted by Gasteiger charge is -2.13. The molecule has 0 aliphatic rings. The molecule has 26 heavy (non-hydrogen) atoms. The lowest BCUT2D eigenvalue weighted by atomic mass is 10.1. The molecule has 0 aromatic heterocycles. The molecule has 0 radical (unpaired) electrons. The number of carboxylic acid groups (broad SMARTS) is 1. The van der Waals surface area contributed by atoms with Crippen LogP contribution in [0.5, 0.6) is 0 Å². The standard InChI is InChI=1S/C19H18N2O5/c1-26-17(22)11-16(18(23)20-12-13-7-3-2-4-8-13)21-15-10-6-5-9-14(15)19(24)25/h2-11,21H,12H2,1H3,(H,20,23)(H,24,25)/b16-11-. The van der Waals surface area contributed by atoms with Crippen molar-refractivity contribution in [1.82, 2.24) is 5.32 Å². The summed E-state index contributed by atoms with van der Waals surface area (Å²) in [6, 6.07) is 15.3. The highest BCUT2D eigenvalue weighted by Crippen LogP contribution is 2.17. The van der Waals surface area contributed by atoms with E-state index in [1.54, 1.807) is 12.1 Å². The second-order valence-electron chi connectivity index (χ2n) is 5.23. The largest absolute Gasteiger partial charge is 0.478 e.